The van der Waals surface area contributed by atoms with Crippen LogP contribution in [0, 0.1) is 10.1 Å². The fourth-order valence-electron chi connectivity index (χ4n) is 2.25. The third kappa shape index (κ3) is 4.12. The zero-order valence-corrected chi connectivity index (χ0v) is 16.0. The molecule has 0 aliphatic carbocycles. The molecule has 0 radical (unpaired) electrons. The van der Waals surface area contributed by atoms with Gasteiger partial charge in [0.05, 0.1) is 11.0 Å². The third-order valence-electron chi connectivity index (χ3n) is 3.81. The highest BCUT2D eigenvalue weighted by Gasteiger charge is 2.20. The van der Waals surface area contributed by atoms with E-state index >= 15 is 0 Å². The fraction of sp³-hybridized carbons (Fsp3) is 0.250. The Morgan fingerprint density at radius 2 is 2.08 bits per heavy atom. The lowest BCUT2D eigenvalue weighted by molar-refractivity contribution is -0.384. The minimum atomic E-state index is -0.441. The van der Waals surface area contributed by atoms with Crippen LogP contribution < -0.4 is 0 Å². The zero-order chi connectivity index (χ0) is 18.0. The molecule has 1 aromatic carbocycles. The summed E-state index contributed by atoms with van der Waals surface area (Å²) in [6.07, 6.45) is 0. The highest BCUT2D eigenvalue weighted by molar-refractivity contribution is 9.10. The summed E-state index contributed by atoms with van der Waals surface area (Å²) in [7, 11) is 1.99. The van der Waals surface area contributed by atoms with Crippen molar-refractivity contribution in [3.63, 3.8) is 0 Å². The number of thiophene rings is 1. The zero-order valence-electron chi connectivity index (χ0n) is 13.5. The quantitative estimate of drug-likeness (QED) is 0.424. The molecule has 0 aliphatic heterocycles. The summed E-state index contributed by atoms with van der Waals surface area (Å²) < 4.78 is 6.83. The van der Waals surface area contributed by atoms with E-state index in [1.807, 2.05) is 19.4 Å². The predicted molar refractivity (Wildman–Crippen MR) is 98.3 cm³/mol. The van der Waals surface area contributed by atoms with Crippen molar-refractivity contribution in [1.29, 1.82) is 0 Å². The molecule has 2 heterocycles. The van der Waals surface area contributed by atoms with Gasteiger partial charge in [0, 0.05) is 39.0 Å². The Hall–Kier alpha value is -2.10. The van der Waals surface area contributed by atoms with Gasteiger partial charge < -0.3 is 4.42 Å². The van der Waals surface area contributed by atoms with Crippen LogP contribution in [0.15, 0.2) is 44.6 Å². The first-order valence-corrected chi connectivity index (χ1v) is 9.12. The second-order valence-electron chi connectivity index (χ2n) is 5.57. The van der Waals surface area contributed by atoms with E-state index in [4.69, 9.17) is 4.42 Å². The van der Waals surface area contributed by atoms with Gasteiger partial charge in [0.1, 0.15) is 0 Å². The summed E-state index contributed by atoms with van der Waals surface area (Å²) in [6.45, 7) is 2.77. The largest absolute Gasteiger partial charge is 0.419 e. The van der Waals surface area contributed by atoms with E-state index in [2.05, 4.69) is 37.1 Å². The van der Waals surface area contributed by atoms with Gasteiger partial charge in [-0.05, 0) is 48.1 Å². The van der Waals surface area contributed by atoms with Crippen molar-refractivity contribution in [2.45, 2.75) is 19.5 Å². The molecule has 2 aromatic heterocycles. The van der Waals surface area contributed by atoms with Gasteiger partial charge in [-0.2, -0.15) is 0 Å². The molecule has 1 atom stereocenters. The molecule has 1 unspecified atom stereocenters. The van der Waals surface area contributed by atoms with E-state index in [1.165, 1.54) is 17.0 Å². The lowest BCUT2D eigenvalue weighted by Gasteiger charge is -2.20. The molecule has 9 heteroatoms. The van der Waals surface area contributed by atoms with Crippen molar-refractivity contribution >= 4 is 33.0 Å². The van der Waals surface area contributed by atoms with Crippen molar-refractivity contribution in [3.8, 4) is 11.5 Å². The number of non-ortho nitro benzene ring substituents is 1. The molecule has 3 rings (SSSR count). The molecule has 0 bridgehead atoms. The van der Waals surface area contributed by atoms with Crippen molar-refractivity contribution in [2.75, 3.05) is 7.05 Å². The van der Waals surface area contributed by atoms with Crippen LogP contribution in [-0.2, 0) is 6.54 Å². The average molecular weight is 423 g/mol. The number of aromatic nitrogens is 2. The van der Waals surface area contributed by atoms with Crippen LogP contribution in [0.1, 0.15) is 23.7 Å². The van der Waals surface area contributed by atoms with E-state index in [0.29, 0.717) is 17.3 Å². The van der Waals surface area contributed by atoms with Crippen molar-refractivity contribution in [3.05, 3.63) is 61.1 Å². The number of hydrogen-bond acceptors (Lipinski definition) is 7. The molecule has 0 saturated carbocycles. The number of benzene rings is 1. The molecule has 0 spiro atoms. The smallest absolute Gasteiger partial charge is 0.269 e. The van der Waals surface area contributed by atoms with E-state index in [-0.39, 0.29) is 11.7 Å². The highest BCUT2D eigenvalue weighted by atomic mass is 79.9. The minimum Gasteiger partial charge on any atom is -0.419 e. The molecule has 0 saturated heterocycles. The first-order valence-electron chi connectivity index (χ1n) is 7.45. The van der Waals surface area contributed by atoms with Crippen molar-refractivity contribution in [1.82, 2.24) is 15.1 Å². The van der Waals surface area contributed by atoms with Gasteiger partial charge in [-0.25, -0.2) is 0 Å². The topological polar surface area (TPSA) is 85.3 Å². The Balaban J connectivity index is 1.72. The fourth-order valence-corrected chi connectivity index (χ4v) is 3.77. The maximum absolute atomic E-state index is 10.7. The van der Waals surface area contributed by atoms with E-state index < -0.39 is 4.92 Å². The Morgan fingerprint density at radius 1 is 1.36 bits per heavy atom. The first-order chi connectivity index (χ1) is 11.9. The molecule has 0 aliphatic rings. The molecular weight excluding hydrogens is 408 g/mol. The van der Waals surface area contributed by atoms with Gasteiger partial charge in [-0.1, -0.05) is 0 Å². The molecular formula is C16H15BrN4O3S. The lowest BCUT2D eigenvalue weighted by Crippen LogP contribution is -2.21. The summed E-state index contributed by atoms with van der Waals surface area (Å²) in [4.78, 5) is 13.6. The van der Waals surface area contributed by atoms with Crippen LogP contribution in [0.3, 0.4) is 0 Å². The molecule has 130 valence electrons. The van der Waals surface area contributed by atoms with Crippen LogP contribution in [-0.4, -0.2) is 27.1 Å². The summed E-state index contributed by atoms with van der Waals surface area (Å²) in [6, 6.07) is 8.08. The summed E-state index contributed by atoms with van der Waals surface area (Å²) in [5, 5.41) is 20.9. The number of nitro groups is 1. The lowest BCUT2D eigenvalue weighted by atomic mass is 10.2. The van der Waals surface area contributed by atoms with Gasteiger partial charge in [0.2, 0.25) is 11.8 Å². The van der Waals surface area contributed by atoms with E-state index in [9.17, 15) is 10.1 Å². The summed E-state index contributed by atoms with van der Waals surface area (Å²) in [5.41, 5.74) is 0.681. The van der Waals surface area contributed by atoms with Crippen LogP contribution in [0.2, 0.25) is 0 Å². The normalized spacial score (nSPS) is 12.5. The summed E-state index contributed by atoms with van der Waals surface area (Å²) in [5.74, 6) is 0.857. The van der Waals surface area contributed by atoms with Crippen LogP contribution in [0.5, 0.6) is 0 Å². The average Bonchev–Trinajstić information content (AvgIpc) is 3.23. The first kappa shape index (κ1) is 17.7. The van der Waals surface area contributed by atoms with E-state index in [1.54, 1.807) is 23.5 Å². The van der Waals surface area contributed by atoms with Crippen LogP contribution in [0.25, 0.3) is 11.5 Å². The van der Waals surface area contributed by atoms with Crippen LogP contribution >= 0.6 is 27.3 Å². The van der Waals surface area contributed by atoms with Gasteiger partial charge in [-0.15, -0.1) is 21.5 Å². The van der Waals surface area contributed by atoms with Crippen molar-refractivity contribution in [2.24, 2.45) is 0 Å². The third-order valence-corrected chi connectivity index (χ3v) is 5.49. The van der Waals surface area contributed by atoms with Crippen molar-refractivity contribution < 1.29 is 9.34 Å². The molecule has 0 fully saturated rings. The van der Waals surface area contributed by atoms with Gasteiger partial charge in [0.25, 0.3) is 5.69 Å². The van der Waals surface area contributed by atoms with Gasteiger partial charge in [0.15, 0.2) is 0 Å². The number of nitrogens with zero attached hydrogens (tertiary/aromatic N) is 4. The maximum atomic E-state index is 10.7. The molecule has 7 nitrogen and oxygen atoms in total. The minimum absolute atomic E-state index is 0.0266. The van der Waals surface area contributed by atoms with Gasteiger partial charge in [-0.3, -0.25) is 15.0 Å². The molecule has 25 heavy (non-hydrogen) atoms. The number of halogens is 1. The molecule has 0 amide bonds. The number of hydrogen-bond donors (Lipinski definition) is 0. The second kappa shape index (κ2) is 7.42. The number of rotatable bonds is 6. The van der Waals surface area contributed by atoms with Crippen LogP contribution in [0.4, 0.5) is 5.69 Å². The maximum Gasteiger partial charge on any atom is 0.269 e. The van der Waals surface area contributed by atoms with Gasteiger partial charge >= 0.3 is 0 Å². The summed E-state index contributed by atoms with van der Waals surface area (Å²) >= 11 is 5.14. The SMILES string of the molecule is CC(c1nnc(-c2ccc([N+](=O)[O-])cc2)o1)N(C)Cc1cc(Br)cs1. The Kier molecular flexibility index (Phi) is 5.26. The molecule has 0 N–H and O–H groups in total. The predicted octanol–water partition coefficient (Wildman–Crippen LogP) is 4.66. The Bertz CT molecular complexity index is 878. The number of nitro benzene ring substituents is 1. The Labute approximate surface area is 156 Å². The second-order valence-corrected chi connectivity index (χ2v) is 7.48. The van der Waals surface area contributed by atoms with E-state index in [0.717, 1.165) is 11.0 Å². The monoisotopic (exact) mass is 422 g/mol. The highest BCUT2D eigenvalue weighted by Crippen LogP contribution is 2.27. The molecule has 3 aromatic rings. The Morgan fingerprint density at radius 3 is 2.68 bits per heavy atom. The standard InChI is InChI=1S/C16H15BrN4O3S/c1-10(20(2)8-14-7-12(17)9-25-14)15-18-19-16(24-15)11-3-5-13(6-4-11)21(22)23/h3-7,9-10H,8H2,1-2H3.